The maximum absolute atomic E-state index is 2.47. The monoisotopic (exact) mass is 396 g/mol. The molecule has 2 aromatic carbocycles. The topological polar surface area (TPSA) is 0 Å². The molecule has 0 radical (unpaired) electrons. The molecule has 0 heteroatoms. The van der Waals surface area contributed by atoms with Crippen molar-refractivity contribution in [3.05, 3.63) is 96.1 Å². The van der Waals surface area contributed by atoms with Gasteiger partial charge in [0.15, 0.2) is 0 Å². The molecule has 0 aromatic heterocycles. The molecule has 0 heterocycles. The molecule has 0 spiro atoms. The van der Waals surface area contributed by atoms with Gasteiger partial charge in [0.2, 0.25) is 0 Å². The van der Waals surface area contributed by atoms with Crippen LogP contribution in [0.25, 0.3) is 0 Å². The Morgan fingerprint density at radius 2 is 1.20 bits per heavy atom. The van der Waals surface area contributed by atoms with E-state index in [0.29, 0.717) is 21.7 Å². The normalized spacial score (nSPS) is 37.4. The van der Waals surface area contributed by atoms with Gasteiger partial charge in [-0.15, -0.1) is 0 Å². The summed E-state index contributed by atoms with van der Waals surface area (Å²) >= 11 is 0. The molecule has 0 N–H and O–H groups in total. The molecule has 0 saturated heterocycles. The third-order valence-corrected chi connectivity index (χ3v) is 8.79. The van der Waals surface area contributed by atoms with E-state index in [4.69, 9.17) is 0 Å². The van der Waals surface area contributed by atoms with Crippen LogP contribution in [0.1, 0.15) is 76.3 Å². The lowest BCUT2D eigenvalue weighted by Crippen LogP contribution is -2.64. The van der Waals surface area contributed by atoms with Crippen molar-refractivity contribution in [1.29, 1.82) is 0 Å². The van der Waals surface area contributed by atoms with E-state index in [2.05, 4.69) is 98.8 Å². The maximum Gasteiger partial charge on any atom is -0.00278 e. The highest BCUT2D eigenvalue weighted by molar-refractivity contribution is 5.40. The second-order valence-corrected chi connectivity index (χ2v) is 10.9. The van der Waals surface area contributed by atoms with Crippen molar-refractivity contribution < 1.29 is 0 Å². The van der Waals surface area contributed by atoms with Crippen LogP contribution in [0.2, 0.25) is 0 Å². The molecular weight excluding hydrogens is 360 g/mol. The van der Waals surface area contributed by atoms with Gasteiger partial charge < -0.3 is 0 Å². The van der Waals surface area contributed by atoms with Crippen LogP contribution in [0.15, 0.2) is 85.0 Å². The number of hydrogen-bond acceptors (Lipinski definition) is 0. The number of hydrogen-bond donors (Lipinski definition) is 0. The first-order chi connectivity index (χ1) is 14.6. The summed E-state index contributed by atoms with van der Waals surface area (Å²) in [7, 11) is 0. The smallest absolute Gasteiger partial charge is 0.00278 e. The van der Waals surface area contributed by atoms with Crippen LogP contribution in [-0.2, 0) is 10.8 Å². The summed E-state index contributed by atoms with van der Waals surface area (Å²) in [5.41, 5.74) is 4.77. The van der Waals surface area contributed by atoms with Gasteiger partial charge in [0.1, 0.15) is 0 Å². The molecule has 4 aliphatic rings. The lowest BCUT2D eigenvalue weighted by Gasteiger charge is -2.71. The SMILES string of the molecule is C/C=C\C=C/CC12CC3(CC)CC(c4ccccc4)(C1)CC(c1ccccc1)(C3)C2. The van der Waals surface area contributed by atoms with Crippen LogP contribution >= 0.6 is 0 Å². The second kappa shape index (κ2) is 7.26. The van der Waals surface area contributed by atoms with Gasteiger partial charge in [-0.1, -0.05) is 98.3 Å². The van der Waals surface area contributed by atoms with Crippen molar-refractivity contribution in [1.82, 2.24) is 0 Å². The molecule has 2 unspecified atom stereocenters. The molecule has 0 aliphatic heterocycles. The zero-order chi connectivity index (χ0) is 20.7. The summed E-state index contributed by atoms with van der Waals surface area (Å²) < 4.78 is 0. The molecule has 4 saturated carbocycles. The van der Waals surface area contributed by atoms with E-state index in [9.17, 15) is 0 Å². The molecular formula is C30H36. The first-order valence-electron chi connectivity index (χ1n) is 12.0. The van der Waals surface area contributed by atoms with Crippen LogP contribution in [0.5, 0.6) is 0 Å². The van der Waals surface area contributed by atoms with Gasteiger partial charge in [-0.05, 0) is 84.7 Å². The van der Waals surface area contributed by atoms with E-state index in [-0.39, 0.29) is 0 Å². The van der Waals surface area contributed by atoms with Crippen molar-refractivity contribution in [3.63, 3.8) is 0 Å². The third kappa shape index (κ3) is 3.11. The first-order valence-corrected chi connectivity index (χ1v) is 12.0. The summed E-state index contributed by atoms with van der Waals surface area (Å²) in [5.74, 6) is 0. The van der Waals surface area contributed by atoms with E-state index in [1.54, 1.807) is 11.1 Å². The number of rotatable bonds is 6. The molecule has 4 fully saturated rings. The minimum Gasteiger partial charge on any atom is -0.0877 e. The minimum atomic E-state index is 0.330. The van der Waals surface area contributed by atoms with Crippen molar-refractivity contribution in [2.24, 2.45) is 10.8 Å². The van der Waals surface area contributed by atoms with E-state index in [1.807, 2.05) is 0 Å². The van der Waals surface area contributed by atoms with Crippen molar-refractivity contribution in [2.45, 2.75) is 76.0 Å². The summed E-state index contributed by atoms with van der Waals surface area (Å²) in [5, 5.41) is 0. The Bertz CT molecular complexity index is 877. The van der Waals surface area contributed by atoms with E-state index in [0.717, 1.165) is 0 Å². The summed E-state index contributed by atoms with van der Waals surface area (Å²) in [6.07, 6.45) is 19.9. The van der Waals surface area contributed by atoms with Crippen molar-refractivity contribution >= 4 is 0 Å². The largest absolute Gasteiger partial charge is 0.0877 e. The van der Waals surface area contributed by atoms with Crippen LogP contribution < -0.4 is 0 Å². The Balaban J connectivity index is 1.66. The van der Waals surface area contributed by atoms with Crippen LogP contribution in [0, 0.1) is 10.8 Å². The van der Waals surface area contributed by atoms with E-state index < -0.39 is 0 Å². The second-order valence-electron chi connectivity index (χ2n) is 10.9. The number of benzene rings is 2. The van der Waals surface area contributed by atoms with Gasteiger partial charge in [-0.25, -0.2) is 0 Å². The van der Waals surface area contributed by atoms with Crippen molar-refractivity contribution in [3.8, 4) is 0 Å². The standard InChI is InChI=1S/C30H36/c1-3-5-6-13-18-28-19-27(4-2)20-29(22-28,25-14-9-7-10-15-25)24-30(21-27,23-28)26-16-11-8-12-17-26/h3,5-17H,4,18-24H2,1-2H3/b5-3-,13-6-. The molecule has 0 nitrogen and oxygen atoms in total. The summed E-state index contributed by atoms with van der Waals surface area (Å²) in [4.78, 5) is 0. The predicted octanol–water partition coefficient (Wildman–Crippen LogP) is 8.15. The fourth-order valence-electron chi connectivity index (χ4n) is 8.36. The maximum atomic E-state index is 2.47. The average Bonchev–Trinajstić information content (AvgIpc) is 2.77. The van der Waals surface area contributed by atoms with Crippen LogP contribution in [0.3, 0.4) is 0 Å². The van der Waals surface area contributed by atoms with E-state index >= 15 is 0 Å². The molecule has 4 bridgehead atoms. The van der Waals surface area contributed by atoms with Gasteiger partial charge in [0.25, 0.3) is 0 Å². The van der Waals surface area contributed by atoms with Gasteiger partial charge in [0, 0.05) is 0 Å². The summed E-state index contributed by atoms with van der Waals surface area (Å²) in [6.45, 7) is 4.57. The minimum absolute atomic E-state index is 0.330. The Hall–Kier alpha value is -2.08. The molecule has 6 rings (SSSR count). The Morgan fingerprint density at radius 3 is 1.70 bits per heavy atom. The Morgan fingerprint density at radius 1 is 0.667 bits per heavy atom. The highest BCUT2D eigenvalue weighted by Crippen LogP contribution is 2.75. The molecule has 2 aromatic rings. The van der Waals surface area contributed by atoms with Gasteiger partial charge in [-0.2, -0.15) is 0 Å². The van der Waals surface area contributed by atoms with Crippen LogP contribution in [0.4, 0.5) is 0 Å². The Labute approximate surface area is 183 Å². The molecule has 4 aliphatic carbocycles. The molecule has 2 atom stereocenters. The zero-order valence-corrected chi connectivity index (χ0v) is 18.7. The quantitative estimate of drug-likeness (QED) is 0.432. The van der Waals surface area contributed by atoms with Gasteiger partial charge in [0.05, 0.1) is 0 Å². The van der Waals surface area contributed by atoms with Gasteiger partial charge in [-0.3, -0.25) is 0 Å². The lowest BCUT2D eigenvalue weighted by molar-refractivity contribution is -0.142. The highest BCUT2D eigenvalue weighted by atomic mass is 14.7. The Kier molecular flexibility index (Phi) is 4.80. The summed E-state index contributed by atoms with van der Waals surface area (Å²) in [6, 6.07) is 23.1. The molecule has 156 valence electrons. The van der Waals surface area contributed by atoms with Gasteiger partial charge >= 0.3 is 0 Å². The third-order valence-electron chi connectivity index (χ3n) is 8.79. The fraction of sp³-hybridized carbons (Fsp3) is 0.467. The predicted molar refractivity (Wildman–Crippen MR) is 128 cm³/mol. The zero-order valence-electron chi connectivity index (χ0n) is 18.7. The molecule has 30 heavy (non-hydrogen) atoms. The molecule has 0 amide bonds. The lowest BCUT2D eigenvalue weighted by atomic mass is 9.33. The van der Waals surface area contributed by atoms with Crippen LogP contribution in [-0.4, -0.2) is 0 Å². The van der Waals surface area contributed by atoms with Crippen molar-refractivity contribution in [2.75, 3.05) is 0 Å². The van der Waals surface area contributed by atoms with E-state index in [1.165, 1.54) is 51.4 Å². The first kappa shape index (κ1) is 19.9. The average molecular weight is 397 g/mol. The highest BCUT2D eigenvalue weighted by Gasteiger charge is 2.67. The number of allylic oxidation sites excluding steroid dienone is 4. The fourth-order valence-corrected chi connectivity index (χ4v) is 8.36.